The van der Waals surface area contributed by atoms with Crippen LogP contribution in [-0.2, 0) is 13.6 Å². The first-order valence-corrected chi connectivity index (χ1v) is 8.37. The molecule has 0 amide bonds. The molecular weight excluding hydrogens is 271 g/mol. The average molecular weight is 289 g/mol. The van der Waals surface area contributed by atoms with Gasteiger partial charge in [0, 0.05) is 4.76 Å². The Bertz CT molecular complexity index is 429. The van der Waals surface area contributed by atoms with Crippen LogP contribution < -0.4 is 4.57 Å². The van der Waals surface area contributed by atoms with E-state index in [0.29, 0.717) is 18.4 Å². The van der Waals surface area contributed by atoms with E-state index in [1.54, 1.807) is 18.4 Å². The Morgan fingerprint density at radius 2 is 1.78 bits per heavy atom. The highest BCUT2D eigenvalue weighted by atomic mass is 32.2. The van der Waals surface area contributed by atoms with Gasteiger partial charge in [0.15, 0.2) is 0 Å². The number of nitrogens with zero attached hydrogens (tertiary/aromatic N) is 2. The van der Waals surface area contributed by atoms with E-state index < -0.39 is 7.75 Å². The van der Waals surface area contributed by atoms with E-state index in [9.17, 15) is 4.57 Å². The number of hydrogen-bond acceptors (Lipinski definition) is 4. The Morgan fingerprint density at radius 1 is 1.22 bits per heavy atom. The quantitative estimate of drug-likeness (QED) is 0.362. The Labute approximate surface area is 112 Å². The van der Waals surface area contributed by atoms with E-state index in [2.05, 4.69) is 4.76 Å². The molecule has 0 atom stereocenters. The van der Waals surface area contributed by atoms with Crippen LogP contribution in [0.15, 0.2) is 35.4 Å². The molecule has 7 heteroatoms. The first-order chi connectivity index (χ1) is 8.65. The lowest BCUT2D eigenvalue weighted by Gasteiger charge is -2.06. The largest absolute Gasteiger partial charge is 0.565 e. The average Bonchev–Trinajstić information content (AvgIpc) is 2.38. The highest BCUT2D eigenvalue weighted by Gasteiger charge is 2.33. The van der Waals surface area contributed by atoms with E-state index in [-0.39, 0.29) is 0 Å². The van der Waals surface area contributed by atoms with Crippen molar-refractivity contribution in [2.75, 3.05) is 19.5 Å². The van der Waals surface area contributed by atoms with Crippen molar-refractivity contribution in [2.45, 2.75) is 13.8 Å². The van der Waals surface area contributed by atoms with E-state index in [1.807, 2.05) is 36.8 Å². The molecule has 1 rings (SSSR count). The highest BCUT2D eigenvalue weighted by Crippen LogP contribution is 2.50. The minimum atomic E-state index is -3.41. The van der Waals surface area contributed by atoms with Gasteiger partial charge in [-0.05, 0) is 44.0 Å². The summed E-state index contributed by atoms with van der Waals surface area (Å²) in [5.41, 5.74) is 0. The fraction of sp³-hybridized carbons (Fsp3) is 0.455. The highest BCUT2D eigenvalue weighted by molar-refractivity contribution is 8.13. The molecule has 0 saturated heterocycles. The maximum Gasteiger partial charge on any atom is 0.565 e. The smallest absolute Gasteiger partial charge is 0.272 e. The summed E-state index contributed by atoms with van der Waals surface area (Å²) in [6.45, 7) is 4.11. The summed E-state index contributed by atoms with van der Waals surface area (Å²) in [5, 5.41) is 0.570. The molecule has 0 radical (unpaired) electrons. The van der Waals surface area contributed by atoms with Crippen LogP contribution in [0.25, 0.3) is 0 Å². The predicted octanol–water partition coefficient (Wildman–Crippen LogP) is 2.72. The molecule has 18 heavy (non-hydrogen) atoms. The van der Waals surface area contributed by atoms with Crippen molar-refractivity contribution in [3.05, 3.63) is 30.6 Å². The molecule has 0 bridgehead atoms. The van der Waals surface area contributed by atoms with Gasteiger partial charge < -0.3 is 0 Å². The van der Waals surface area contributed by atoms with Crippen molar-refractivity contribution in [1.29, 1.82) is 0 Å². The SMILES string of the molecule is CCOP(=O)(N=C(SC)[n+]1ccccc1)OCC. The fourth-order valence-corrected chi connectivity index (χ4v) is 3.36. The molecule has 5 nitrogen and oxygen atoms in total. The molecule has 0 N–H and O–H groups in total. The topological polar surface area (TPSA) is 51.8 Å². The third-order valence-electron chi connectivity index (χ3n) is 1.91. The second-order valence-corrected chi connectivity index (χ2v) is 5.60. The van der Waals surface area contributed by atoms with Crippen LogP contribution in [0.3, 0.4) is 0 Å². The summed E-state index contributed by atoms with van der Waals surface area (Å²) in [5.74, 6) is 0. The second-order valence-electron chi connectivity index (χ2n) is 3.17. The summed E-state index contributed by atoms with van der Waals surface area (Å²) >= 11 is 1.38. The van der Waals surface area contributed by atoms with Crippen LogP contribution in [0.5, 0.6) is 0 Å². The summed E-state index contributed by atoms with van der Waals surface area (Å²) in [6.07, 6.45) is 5.52. The Balaban J connectivity index is 3.05. The normalized spacial score (nSPS) is 12.7. The van der Waals surface area contributed by atoms with Crippen LogP contribution >= 0.6 is 19.5 Å². The van der Waals surface area contributed by atoms with Gasteiger partial charge in [0.1, 0.15) is 0 Å². The van der Waals surface area contributed by atoms with Crippen molar-refractivity contribution < 1.29 is 18.2 Å². The summed E-state index contributed by atoms with van der Waals surface area (Å²) in [4.78, 5) is 0. The van der Waals surface area contributed by atoms with Crippen LogP contribution in [0, 0.1) is 0 Å². The van der Waals surface area contributed by atoms with Gasteiger partial charge in [-0.2, -0.15) is 4.57 Å². The zero-order valence-electron chi connectivity index (χ0n) is 10.8. The minimum Gasteiger partial charge on any atom is -0.272 e. The molecule has 0 spiro atoms. The Kier molecular flexibility index (Phi) is 6.57. The first kappa shape index (κ1) is 15.4. The van der Waals surface area contributed by atoms with Gasteiger partial charge in [-0.15, -0.1) is 0 Å². The minimum absolute atomic E-state index is 0.294. The number of aromatic nitrogens is 1. The van der Waals surface area contributed by atoms with Gasteiger partial charge in [-0.3, -0.25) is 9.05 Å². The first-order valence-electron chi connectivity index (χ1n) is 5.65. The Hall–Kier alpha value is -0.680. The van der Waals surface area contributed by atoms with E-state index in [0.717, 1.165) is 0 Å². The van der Waals surface area contributed by atoms with Crippen LogP contribution in [0.4, 0.5) is 0 Å². The summed E-state index contributed by atoms with van der Waals surface area (Å²) in [6, 6.07) is 5.65. The van der Waals surface area contributed by atoms with Gasteiger partial charge >= 0.3 is 12.9 Å². The lowest BCUT2D eigenvalue weighted by Crippen LogP contribution is -2.39. The molecule has 0 aromatic carbocycles. The third kappa shape index (κ3) is 4.53. The van der Waals surface area contributed by atoms with Gasteiger partial charge in [0.2, 0.25) is 0 Å². The van der Waals surface area contributed by atoms with Gasteiger partial charge in [-0.1, -0.05) is 6.07 Å². The number of thioether (sulfide) groups is 1. The van der Waals surface area contributed by atoms with Crippen molar-refractivity contribution in [3.63, 3.8) is 0 Å². The summed E-state index contributed by atoms with van der Waals surface area (Å²) < 4.78 is 28.5. The van der Waals surface area contributed by atoms with E-state index in [1.165, 1.54) is 11.8 Å². The molecular formula is C11H18N2O3PS+. The fourth-order valence-electron chi connectivity index (χ4n) is 1.25. The Morgan fingerprint density at radius 3 is 2.22 bits per heavy atom. The standard InChI is InChI=1S/C11H18N2O3PS/c1-4-15-17(14,16-5-2)12-11(18-3)13-9-7-6-8-10-13/h6-10H,4-5H2,1-3H3/q+1. The lowest BCUT2D eigenvalue weighted by molar-refractivity contribution is -0.549. The third-order valence-corrected chi connectivity index (χ3v) is 4.32. The maximum atomic E-state index is 12.3. The number of rotatable bonds is 5. The van der Waals surface area contributed by atoms with Crippen LogP contribution in [0.1, 0.15) is 13.8 Å². The molecule has 1 heterocycles. The van der Waals surface area contributed by atoms with E-state index >= 15 is 0 Å². The van der Waals surface area contributed by atoms with Gasteiger partial charge in [0.25, 0.3) is 0 Å². The zero-order valence-corrected chi connectivity index (χ0v) is 12.5. The van der Waals surface area contributed by atoms with E-state index in [4.69, 9.17) is 9.05 Å². The second kappa shape index (κ2) is 7.69. The molecule has 0 aliphatic heterocycles. The maximum absolute atomic E-state index is 12.3. The molecule has 1 aromatic rings. The van der Waals surface area contributed by atoms with Crippen molar-refractivity contribution >= 4 is 24.7 Å². The summed E-state index contributed by atoms with van der Waals surface area (Å²) in [7, 11) is -3.41. The monoisotopic (exact) mass is 289 g/mol. The van der Waals surface area contributed by atoms with Gasteiger partial charge in [-0.25, -0.2) is 4.57 Å². The molecule has 0 unspecified atom stereocenters. The van der Waals surface area contributed by atoms with Crippen LogP contribution in [0.2, 0.25) is 0 Å². The zero-order chi connectivity index (χ0) is 13.4. The molecule has 1 aromatic heterocycles. The molecule has 0 aliphatic carbocycles. The number of hydrogen-bond donors (Lipinski definition) is 0. The van der Waals surface area contributed by atoms with Crippen molar-refractivity contribution in [1.82, 2.24) is 0 Å². The van der Waals surface area contributed by atoms with Crippen LogP contribution in [-0.4, -0.2) is 24.6 Å². The molecule has 100 valence electrons. The van der Waals surface area contributed by atoms with Crippen molar-refractivity contribution in [3.8, 4) is 0 Å². The lowest BCUT2D eigenvalue weighted by atomic mass is 10.5. The molecule has 0 fully saturated rings. The molecule has 0 aliphatic rings. The van der Waals surface area contributed by atoms with Gasteiger partial charge in [0.05, 0.1) is 25.6 Å². The predicted molar refractivity (Wildman–Crippen MR) is 73.8 cm³/mol. The van der Waals surface area contributed by atoms with Crippen molar-refractivity contribution in [2.24, 2.45) is 4.76 Å². The molecule has 0 saturated carbocycles. The number of pyridine rings is 1.